The van der Waals surface area contributed by atoms with Crippen LogP contribution in [0.25, 0.3) is 0 Å². The quantitative estimate of drug-likeness (QED) is 0.123. The van der Waals surface area contributed by atoms with Gasteiger partial charge in [-0.15, -0.1) is 0 Å². The molecule has 0 aliphatic rings. The lowest BCUT2D eigenvalue weighted by Crippen LogP contribution is -2.15. The Hall–Kier alpha value is -2.44. The molecule has 0 saturated carbocycles. The Kier molecular flexibility index (Phi) is 24.3. The van der Waals surface area contributed by atoms with Gasteiger partial charge in [-0.25, -0.2) is 19.6 Å². The molecule has 0 radical (unpaired) electrons. The van der Waals surface area contributed by atoms with Gasteiger partial charge in [0.1, 0.15) is 26.4 Å². The van der Waals surface area contributed by atoms with Gasteiger partial charge < -0.3 is 47.7 Å². The largest absolute Gasteiger partial charge is 0.480 e. The second-order valence-corrected chi connectivity index (χ2v) is 9.68. The Bertz CT molecular complexity index is 1010. The average Bonchev–Trinajstić information content (AvgIpc) is 2.98. The van der Waals surface area contributed by atoms with Crippen molar-refractivity contribution in [2.75, 3.05) is 99.6 Å². The zero-order valence-electron chi connectivity index (χ0n) is 24.0. The summed E-state index contributed by atoms with van der Waals surface area (Å²) in [6, 6.07) is 7.22. The van der Waals surface area contributed by atoms with Gasteiger partial charge in [0.05, 0.1) is 73.2 Å². The molecule has 0 fully saturated rings. The number of hydrogen-bond acceptors (Lipinski definition) is 13. The number of carboxylic acids is 1. The van der Waals surface area contributed by atoms with Crippen molar-refractivity contribution in [3.8, 4) is 11.8 Å². The van der Waals surface area contributed by atoms with Gasteiger partial charge in [-0.1, -0.05) is 31.9 Å². The fourth-order valence-electron chi connectivity index (χ4n) is 2.59. The van der Waals surface area contributed by atoms with Crippen LogP contribution in [-0.2, 0) is 42.7 Å². The Morgan fingerprint density at radius 1 is 0.628 bits per heavy atom. The van der Waals surface area contributed by atoms with Crippen LogP contribution in [0.4, 0.5) is 0 Å². The number of carbonyl (C=O) groups excluding carboxylic acids is 1. The van der Waals surface area contributed by atoms with Crippen molar-refractivity contribution in [3.05, 3.63) is 45.6 Å². The van der Waals surface area contributed by atoms with Crippen LogP contribution in [0.15, 0.2) is 45.6 Å². The van der Waals surface area contributed by atoms with Crippen LogP contribution in [-0.4, -0.2) is 127 Å². The third-order valence-electron chi connectivity index (χ3n) is 4.51. The molecule has 16 heteroatoms. The number of esters is 1. The van der Waals surface area contributed by atoms with Crippen LogP contribution in [0.5, 0.6) is 11.8 Å². The summed E-state index contributed by atoms with van der Waals surface area (Å²) < 4.78 is 48.0. The number of pyridine rings is 2. The number of aromatic nitrogens is 2. The Balaban J connectivity index is 0.000000430. The van der Waals surface area contributed by atoms with Gasteiger partial charge in [0.25, 0.3) is 0 Å². The van der Waals surface area contributed by atoms with E-state index < -0.39 is 11.9 Å². The van der Waals surface area contributed by atoms with Crippen molar-refractivity contribution < 1.29 is 57.3 Å². The highest BCUT2D eigenvalue weighted by Crippen LogP contribution is 2.15. The molecule has 0 bridgehead atoms. The monoisotopic (exact) mass is 740 g/mol. The van der Waals surface area contributed by atoms with E-state index in [-0.39, 0.29) is 19.8 Å². The number of nitrogens with zero attached hydrogens (tertiary/aromatic N) is 2. The predicted molar refractivity (Wildman–Crippen MR) is 159 cm³/mol. The van der Waals surface area contributed by atoms with Crippen LogP contribution >= 0.6 is 31.9 Å². The summed E-state index contributed by atoms with van der Waals surface area (Å²) in [7, 11) is 1.32. The van der Waals surface area contributed by atoms with Crippen LogP contribution in [0.2, 0.25) is 0 Å². The number of carboxylic acid groups (broad SMARTS) is 1. The van der Waals surface area contributed by atoms with E-state index in [2.05, 4.69) is 46.6 Å². The molecular formula is C27H38Br2N2O12. The van der Waals surface area contributed by atoms with E-state index in [9.17, 15) is 9.59 Å². The van der Waals surface area contributed by atoms with E-state index in [1.807, 2.05) is 12.1 Å². The van der Waals surface area contributed by atoms with Crippen molar-refractivity contribution in [2.24, 2.45) is 0 Å². The lowest BCUT2D eigenvalue weighted by Gasteiger charge is -2.07. The van der Waals surface area contributed by atoms with Gasteiger partial charge in [-0.3, -0.25) is 0 Å². The van der Waals surface area contributed by atoms with Crippen molar-refractivity contribution in [1.82, 2.24) is 9.97 Å². The maximum atomic E-state index is 10.7. The van der Waals surface area contributed by atoms with E-state index >= 15 is 0 Å². The minimum absolute atomic E-state index is 0.0582. The summed E-state index contributed by atoms with van der Waals surface area (Å²) >= 11 is 6.67. The SMILES string of the molecule is COC(=O)COCCOCCOCCOc1cc(Br)ccn1.O=C(O)COCCOCCOCCOc1cc(Br)ccn1. The number of halogens is 2. The molecule has 2 heterocycles. The summed E-state index contributed by atoms with van der Waals surface area (Å²) in [5.74, 6) is -0.293. The van der Waals surface area contributed by atoms with Crippen molar-refractivity contribution in [1.29, 1.82) is 0 Å². The number of hydrogen-bond donors (Lipinski definition) is 1. The molecule has 0 atom stereocenters. The number of methoxy groups -OCH3 is 1. The second-order valence-electron chi connectivity index (χ2n) is 7.85. The van der Waals surface area contributed by atoms with Crippen molar-refractivity contribution >= 4 is 43.8 Å². The highest BCUT2D eigenvalue weighted by atomic mass is 79.9. The molecule has 0 aliphatic carbocycles. The minimum atomic E-state index is -0.988. The summed E-state index contributed by atoms with van der Waals surface area (Å²) in [5, 5.41) is 8.33. The molecular weight excluding hydrogens is 704 g/mol. The molecule has 0 amide bonds. The smallest absolute Gasteiger partial charge is 0.331 e. The van der Waals surface area contributed by atoms with E-state index in [1.165, 1.54) is 7.11 Å². The highest BCUT2D eigenvalue weighted by Gasteiger charge is 2.00. The summed E-state index contributed by atoms with van der Waals surface area (Å²) in [6.45, 7) is 4.48. The third-order valence-corrected chi connectivity index (χ3v) is 5.50. The van der Waals surface area contributed by atoms with Crippen LogP contribution in [0.1, 0.15) is 0 Å². The molecule has 2 rings (SSSR count). The predicted octanol–water partition coefficient (Wildman–Crippen LogP) is 2.80. The molecule has 0 aliphatic heterocycles. The standard InChI is InChI=1S/C14H20BrNO6.C13H18BrNO6/c1-18-14(17)11-21-7-6-19-4-5-20-8-9-22-13-10-12(15)2-3-16-13;14-11-1-2-15-12(9-11)21-8-7-19-4-3-18-5-6-20-10-13(16)17/h2-3,10H,4-9,11H2,1H3;1-2,9H,3-8,10H2,(H,16,17). The Labute approximate surface area is 267 Å². The van der Waals surface area contributed by atoms with E-state index in [0.29, 0.717) is 84.4 Å². The van der Waals surface area contributed by atoms with Crippen molar-refractivity contribution in [2.45, 2.75) is 0 Å². The van der Waals surface area contributed by atoms with Gasteiger partial charge in [0.15, 0.2) is 0 Å². The highest BCUT2D eigenvalue weighted by molar-refractivity contribution is 9.10. The third kappa shape index (κ3) is 24.7. The van der Waals surface area contributed by atoms with Crippen LogP contribution in [0, 0.1) is 0 Å². The van der Waals surface area contributed by atoms with E-state index in [1.54, 1.807) is 24.5 Å². The normalized spacial score (nSPS) is 10.5. The fourth-order valence-corrected chi connectivity index (χ4v) is 3.22. The van der Waals surface area contributed by atoms with Gasteiger partial charge in [0, 0.05) is 33.5 Å². The first-order valence-corrected chi connectivity index (χ1v) is 14.7. The second kappa shape index (κ2) is 27.1. The van der Waals surface area contributed by atoms with Crippen molar-refractivity contribution in [3.63, 3.8) is 0 Å². The molecule has 0 spiro atoms. The maximum absolute atomic E-state index is 10.7. The molecule has 1 N–H and O–H groups in total. The summed E-state index contributed by atoms with van der Waals surface area (Å²) in [4.78, 5) is 29.0. The first-order chi connectivity index (χ1) is 20.9. The lowest BCUT2D eigenvalue weighted by atomic mass is 10.5. The van der Waals surface area contributed by atoms with Gasteiger partial charge >= 0.3 is 11.9 Å². The number of ether oxygens (including phenoxy) is 9. The number of rotatable bonds is 24. The fraction of sp³-hybridized carbons (Fsp3) is 0.556. The molecule has 0 saturated heterocycles. The first kappa shape index (κ1) is 38.6. The molecule has 242 valence electrons. The molecule has 0 unspecified atom stereocenters. The maximum Gasteiger partial charge on any atom is 0.331 e. The number of carbonyl (C=O) groups is 2. The zero-order valence-corrected chi connectivity index (χ0v) is 27.1. The first-order valence-electron chi connectivity index (χ1n) is 13.1. The van der Waals surface area contributed by atoms with E-state index in [4.69, 9.17) is 43.0 Å². The van der Waals surface area contributed by atoms with Gasteiger partial charge in [0.2, 0.25) is 11.8 Å². The zero-order chi connectivity index (χ0) is 31.4. The molecule has 2 aromatic rings. The van der Waals surface area contributed by atoms with Crippen LogP contribution in [0.3, 0.4) is 0 Å². The Morgan fingerprint density at radius 2 is 1.00 bits per heavy atom. The molecule has 2 aromatic heterocycles. The topological polar surface area (TPSA) is 163 Å². The molecule has 0 aromatic carbocycles. The lowest BCUT2D eigenvalue weighted by molar-refractivity contribution is -0.146. The Morgan fingerprint density at radius 3 is 1.37 bits per heavy atom. The van der Waals surface area contributed by atoms with E-state index in [0.717, 1.165) is 8.95 Å². The summed E-state index contributed by atoms with van der Waals surface area (Å²) in [6.07, 6.45) is 3.32. The van der Waals surface area contributed by atoms with Gasteiger partial charge in [-0.2, -0.15) is 0 Å². The summed E-state index contributed by atoms with van der Waals surface area (Å²) in [5.41, 5.74) is 0. The molecule has 14 nitrogen and oxygen atoms in total. The minimum Gasteiger partial charge on any atom is -0.480 e. The van der Waals surface area contributed by atoms with Crippen LogP contribution < -0.4 is 9.47 Å². The number of aliphatic carboxylic acids is 1. The molecule has 43 heavy (non-hydrogen) atoms. The van der Waals surface area contributed by atoms with Gasteiger partial charge in [-0.05, 0) is 12.1 Å². The average molecular weight is 742 g/mol.